The van der Waals surface area contributed by atoms with Gasteiger partial charge < -0.3 is 10.4 Å². The van der Waals surface area contributed by atoms with Gasteiger partial charge in [-0.3, -0.25) is 4.79 Å². The van der Waals surface area contributed by atoms with Crippen molar-refractivity contribution in [3.63, 3.8) is 0 Å². The van der Waals surface area contributed by atoms with Crippen LogP contribution < -0.4 is 5.32 Å². The van der Waals surface area contributed by atoms with Crippen molar-refractivity contribution >= 4 is 34.5 Å². The summed E-state index contributed by atoms with van der Waals surface area (Å²) in [5.41, 5.74) is 0.565. The van der Waals surface area contributed by atoms with E-state index in [0.717, 1.165) is 11.3 Å². The molecule has 0 atom stereocenters. The molecule has 2 rings (SSSR count). The Morgan fingerprint density at radius 2 is 2.19 bits per heavy atom. The van der Waals surface area contributed by atoms with Gasteiger partial charge in [-0.25, -0.2) is 4.39 Å². The highest BCUT2D eigenvalue weighted by molar-refractivity contribution is 7.18. The molecule has 0 aliphatic heterocycles. The first-order valence-electron chi connectivity index (χ1n) is 6.06. The molecule has 0 radical (unpaired) electrons. The molecule has 108 valence electrons. The summed E-state index contributed by atoms with van der Waals surface area (Å²) in [6, 6.07) is 7.49. The molecule has 0 unspecified atom stereocenters. The molecule has 0 fully saturated rings. The van der Waals surface area contributed by atoms with Gasteiger partial charge in [-0.1, -0.05) is 23.4 Å². The van der Waals surface area contributed by atoms with Crippen molar-refractivity contribution in [1.82, 2.24) is 0 Å². The zero-order chi connectivity index (χ0) is 15.2. The summed E-state index contributed by atoms with van der Waals surface area (Å²) in [5, 5.41) is 11.2. The lowest BCUT2D eigenvalue weighted by molar-refractivity contribution is 0.103. The second-order valence-corrected chi connectivity index (χ2v) is 5.74. The van der Waals surface area contributed by atoms with E-state index < -0.39 is 5.82 Å². The van der Waals surface area contributed by atoms with Crippen LogP contribution in [0, 0.1) is 17.7 Å². The Morgan fingerprint density at radius 1 is 1.38 bits per heavy atom. The SMILES string of the molecule is O=C(Nc1ccc(C#CCCO)c(F)c1)c1ccc(Cl)s1. The molecule has 1 aromatic carbocycles. The molecule has 0 bridgehead atoms. The van der Waals surface area contributed by atoms with Crippen LogP contribution in [0.2, 0.25) is 4.34 Å². The molecule has 2 aromatic rings. The zero-order valence-electron chi connectivity index (χ0n) is 10.8. The highest BCUT2D eigenvalue weighted by Gasteiger charge is 2.10. The van der Waals surface area contributed by atoms with E-state index in [0.29, 0.717) is 14.9 Å². The van der Waals surface area contributed by atoms with Crippen molar-refractivity contribution in [2.24, 2.45) is 0 Å². The number of hydrogen-bond acceptors (Lipinski definition) is 3. The minimum Gasteiger partial charge on any atom is -0.395 e. The van der Waals surface area contributed by atoms with E-state index in [1.807, 2.05) is 0 Å². The molecule has 2 N–H and O–H groups in total. The number of thiophene rings is 1. The first-order valence-corrected chi connectivity index (χ1v) is 7.25. The maximum Gasteiger partial charge on any atom is 0.265 e. The molecule has 21 heavy (non-hydrogen) atoms. The normalized spacial score (nSPS) is 9.86. The third-order valence-electron chi connectivity index (χ3n) is 2.48. The lowest BCUT2D eigenvalue weighted by Gasteiger charge is -2.04. The van der Waals surface area contributed by atoms with Crippen molar-refractivity contribution in [2.75, 3.05) is 11.9 Å². The Hall–Kier alpha value is -1.87. The van der Waals surface area contributed by atoms with Gasteiger partial charge in [0.2, 0.25) is 0 Å². The van der Waals surface area contributed by atoms with Crippen LogP contribution >= 0.6 is 22.9 Å². The second-order valence-electron chi connectivity index (χ2n) is 4.03. The standard InChI is InChI=1S/C15H11ClFNO2S/c16-14-7-6-13(21-14)15(20)18-11-5-4-10(12(17)9-11)3-1-2-8-19/h4-7,9,19H,2,8H2,(H,18,20). The van der Waals surface area contributed by atoms with Crippen LogP contribution in [0.4, 0.5) is 10.1 Å². The number of aliphatic hydroxyl groups is 1. The molecule has 3 nitrogen and oxygen atoms in total. The number of halogens is 2. The van der Waals surface area contributed by atoms with E-state index in [1.54, 1.807) is 18.2 Å². The second kappa shape index (κ2) is 7.23. The minimum absolute atomic E-state index is 0.0634. The van der Waals surface area contributed by atoms with Gasteiger partial charge in [0.25, 0.3) is 5.91 Å². The van der Waals surface area contributed by atoms with Crippen molar-refractivity contribution in [1.29, 1.82) is 0 Å². The molecule has 0 aliphatic carbocycles. The maximum absolute atomic E-state index is 13.8. The predicted molar refractivity (Wildman–Crippen MR) is 82.3 cm³/mol. The monoisotopic (exact) mass is 323 g/mol. The van der Waals surface area contributed by atoms with Gasteiger partial charge in [0.15, 0.2) is 0 Å². The number of anilines is 1. The fourth-order valence-electron chi connectivity index (χ4n) is 1.54. The molecule has 1 aromatic heterocycles. The van der Waals surface area contributed by atoms with Gasteiger partial charge in [0, 0.05) is 12.1 Å². The molecule has 1 amide bonds. The van der Waals surface area contributed by atoms with Gasteiger partial charge >= 0.3 is 0 Å². The van der Waals surface area contributed by atoms with Crippen LogP contribution in [0.25, 0.3) is 0 Å². The number of carbonyl (C=O) groups is 1. The van der Waals surface area contributed by atoms with Gasteiger partial charge in [-0.2, -0.15) is 0 Å². The quantitative estimate of drug-likeness (QED) is 0.849. The highest BCUT2D eigenvalue weighted by atomic mass is 35.5. The molecule has 0 saturated heterocycles. The van der Waals surface area contributed by atoms with Crippen LogP contribution in [0.5, 0.6) is 0 Å². The van der Waals surface area contributed by atoms with Gasteiger partial charge in [-0.15, -0.1) is 11.3 Å². The summed E-state index contributed by atoms with van der Waals surface area (Å²) in [4.78, 5) is 12.3. The summed E-state index contributed by atoms with van der Waals surface area (Å²) in [6.45, 7) is -0.0634. The summed E-state index contributed by atoms with van der Waals surface area (Å²) < 4.78 is 14.3. The highest BCUT2D eigenvalue weighted by Crippen LogP contribution is 2.23. The number of benzene rings is 1. The number of rotatable bonds is 3. The molecule has 0 aliphatic rings. The van der Waals surface area contributed by atoms with Crippen molar-refractivity contribution in [3.8, 4) is 11.8 Å². The zero-order valence-corrected chi connectivity index (χ0v) is 12.4. The third kappa shape index (κ3) is 4.30. The molecule has 0 spiro atoms. The van der Waals surface area contributed by atoms with Crippen molar-refractivity contribution < 1.29 is 14.3 Å². The van der Waals surface area contributed by atoms with Gasteiger partial charge in [-0.05, 0) is 30.3 Å². The van der Waals surface area contributed by atoms with Gasteiger partial charge in [0.05, 0.1) is 21.4 Å². The Bertz CT molecular complexity index is 718. The lowest BCUT2D eigenvalue weighted by atomic mass is 10.2. The van der Waals surface area contributed by atoms with Crippen LogP contribution in [0.15, 0.2) is 30.3 Å². The topological polar surface area (TPSA) is 49.3 Å². The Labute approximate surface area is 130 Å². The summed E-state index contributed by atoms with van der Waals surface area (Å²) >= 11 is 6.91. The molecular weight excluding hydrogens is 313 g/mol. The summed E-state index contributed by atoms with van der Waals surface area (Å²) in [7, 11) is 0. The fraction of sp³-hybridized carbons (Fsp3) is 0.133. The predicted octanol–water partition coefficient (Wildman–Crippen LogP) is 3.53. The summed E-state index contributed by atoms with van der Waals surface area (Å²) in [6.07, 6.45) is 0.289. The average molecular weight is 324 g/mol. The van der Waals surface area contributed by atoms with E-state index >= 15 is 0 Å². The smallest absolute Gasteiger partial charge is 0.265 e. The van der Waals surface area contributed by atoms with Crippen molar-refractivity contribution in [3.05, 3.63) is 50.9 Å². The number of hydrogen-bond donors (Lipinski definition) is 2. The third-order valence-corrected chi connectivity index (χ3v) is 3.71. The number of aliphatic hydroxyl groups excluding tert-OH is 1. The van der Waals surface area contributed by atoms with Crippen molar-refractivity contribution in [2.45, 2.75) is 6.42 Å². The van der Waals surface area contributed by atoms with E-state index in [-0.39, 0.29) is 24.5 Å². The number of amides is 1. The summed E-state index contributed by atoms with van der Waals surface area (Å²) in [5.74, 6) is 4.39. The molecular formula is C15H11ClFNO2S. The van der Waals surface area contributed by atoms with Crippen LogP contribution in [-0.4, -0.2) is 17.6 Å². The Morgan fingerprint density at radius 3 is 2.81 bits per heavy atom. The van der Waals surface area contributed by atoms with E-state index in [9.17, 15) is 9.18 Å². The first kappa shape index (κ1) is 15.5. The Kier molecular flexibility index (Phi) is 5.34. The maximum atomic E-state index is 13.8. The average Bonchev–Trinajstić information content (AvgIpc) is 2.88. The van der Waals surface area contributed by atoms with Crippen LogP contribution in [0.1, 0.15) is 21.7 Å². The van der Waals surface area contributed by atoms with Gasteiger partial charge in [0.1, 0.15) is 5.82 Å². The Balaban J connectivity index is 2.10. The largest absolute Gasteiger partial charge is 0.395 e. The van der Waals surface area contributed by atoms with Crippen LogP contribution in [-0.2, 0) is 0 Å². The van der Waals surface area contributed by atoms with E-state index in [4.69, 9.17) is 16.7 Å². The molecule has 0 saturated carbocycles. The first-order chi connectivity index (χ1) is 10.1. The molecule has 6 heteroatoms. The van der Waals surface area contributed by atoms with E-state index in [2.05, 4.69) is 17.2 Å². The molecule has 1 heterocycles. The lowest BCUT2D eigenvalue weighted by Crippen LogP contribution is -2.10. The number of nitrogens with one attached hydrogen (secondary N) is 1. The minimum atomic E-state index is -0.526. The number of carbonyl (C=O) groups excluding carboxylic acids is 1. The van der Waals surface area contributed by atoms with Crippen LogP contribution in [0.3, 0.4) is 0 Å². The fourth-order valence-corrected chi connectivity index (χ4v) is 2.48. The van der Waals surface area contributed by atoms with E-state index in [1.165, 1.54) is 12.1 Å².